The molecule has 0 aliphatic heterocycles. The molecular formula is C11H16N4O3S2. The van der Waals surface area contributed by atoms with Gasteiger partial charge in [0.15, 0.2) is 0 Å². The number of H-pyrrole nitrogens is 1. The number of nitrogens with zero attached hydrogens (tertiary/aromatic N) is 2. The van der Waals surface area contributed by atoms with Crippen LogP contribution in [-0.4, -0.2) is 28.7 Å². The van der Waals surface area contributed by atoms with Gasteiger partial charge >= 0.3 is 0 Å². The Kier molecular flexibility index (Phi) is 4.53. The third kappa shape index (κ3) is 3.06. The van der Waals surface area contributed by atoms with E-state index in [1.54, 1.807) is 13.1 Å². The molecule has 0 aromatic carbocycles. The summed E-state index contributed by atoms with van der Waals surface area (Å²) in [5.41, 5.74) is 0.512. The second-order valence-corrected chi connectivity index (χ2v) is 7.08. The van der Waals surface area contributed by atoms with E-state index in [2.05, 4.69) is 19.9 Å². The molecule has 0 unspecified atom stereocenters. The standard InChI is InChI=1S/C11H16N4O3S2/c1-3-8-4-12-10(19-8)5-13-20(17,18)11-7(2)14-15-9(11)6-16/h4,13,16H,3,5-6H2,1-2H3,(H,14,15). The first-order valence-corrected chi connectivity index (χ1v) is 8.35. The van der Waals surface area contributed by atoms with Crippen LogP contribution in [0.25, 0.3) is 0 Å². The Morgan fingerprint density at radius 3 is 2.85 bits per heavy atom. The predicted octanol–water partition coefficient (Wildman–Crippen LogP) is 0.708. The maximum Gasteiger partial charge on any atom is 0.244 e. The highest BCUT2D eigenvalue weighted by Crippen LogP contribution is 2.19. The number of aliphatic hydroxyl groups is 1. The lowest BCUT2D eigenvalue weighted by molar-refractivity contribution is 0.273. The minimum atomic E-state index is -3.72. The van der Waals surface area contributed by atoms with Crippen LogP contribution in [0, 0.1) is 6.92 Å². The number of aromatic nitrogens is 3. The highest BCUT2D eigenvalue weighted by molar-refractivity contribution is 7.89. The Morgan fingerprint density at radius 1 is 1.50 bits per heavy atom. The molecule has 0 atom stereocenters. The van der Waals surface area contributed by atoms with Crippen molar-refractivity contribution in [3.8, 4) is 0 Å². The van der Waals surface area contributed by atoms with Crippen molar-refractivity contribution in [2.45, 2.75) is 38.3 Å². The van der Waals surface area contributed by atoms with Gasteiger partial charge in [0.1, 0.15) is 15.6 Å². The van der Waals surface area contributed by atoms with E-state index >= 15 is 0 Å². The smallest absolute Gasteiger partial charge is 0.244 e. The van der Waals surface area contributed by atoms with Gasteiger partial charge in [0, 0.05) is 11.1 Å². The molecule has 0 radical (unpaired) electrons. The van der Waals surface area contributed by atoms with Crippen molar-refractivity contribution in [3.63, 3.8) is 0 Å². The van der Waals surface area contributed by atoms with Crippen LogP contribution >= 0.6 is 11.3 Å². The van der Waals surface area contributed by atoms with E-state index in [1.807, 2.05) is 6.92 Å². The van der Waals surface area contributed by atoms with Crippen LogP contribution in [-0.2, 0) is 29.6 Å². The number of aryl methyl sites for hydroxylation is 2. The summed E-state index contributed by atoms with van der Waals surface area (Å²) in [7, 11) is -3.72. The maximum absolute atomic E-state index is 12.2. The van der Waals surface area contributed by atoms with Crippen molar-refractivity contribution in [1.82, 2.24) is 19.9 Å². The van der Waals surface area contributed by atoms with Crippen LogP contribution in [0.5, 0.6) is 0 Å². The average Bonchev–Trinajstić information content (AvgIpc) is 3.02. The summed E-state index contributed by atoms with van der Waals surface area (Å²) in [4.78, 5) is 5.27. The Labute approximate surface area is 121 Å². The number of sulfonamides is 1. The van der Waals surface area contributed by atoms with Gasteiger partial charge in [-0.1, -0.05) is 6.92 Å². The Morgan fingerprint density at radius 2 is 2.25 bits per heavy atom. The summed E-state index contributed by atoms with van der Waals surface area (Å²) >= 11 is 1.47. The van der Waals surface area contributed by atoms with E-state index < -0.39 is 16.6 Å². The molecule has 2 rings (SSSR count). The summed E-state index contributed by atoms with van der Waals surface area (Å²) in [6.45, 7) is 3.31. The molecule has 2 heterocycles. The van der Waals surface area contributed by atoms with Crippen molar-refractivity contribution in [2.75, 3.05) is 0 Å². The fraction of sp³-hybridized carbons (Fsp3) is 0.455. The lowest BCUT2D eigenvalue weighted by Gasteiger charge is -2.05. The molecule has 0 aliphatic rings. The minimum Gasteiger partial charge on any atom is -0.390 e. The molecule has 110 valence electrons. The predicted molar refractivity (Wildman–Crippen MR) is 74.8 cm³/mol. The van der Waals surface area contributed by atoms with Crippen LogP contribution < -0.4 is 4.72 Å². The SMILES string of the molecule is CCc1cnc(CNS(=O)(=O)c2c(CO)n[nH]c2C)s1. The number of nitrogens with one attached hydrogen (secondary N) is 2. The summed E-state index contributed by atoms with van der Waals surface area (Å²) in [6, 6.07) is 0. The number of thiazole rings is 1. The van der Waals surface area contributed by atoms with Crippen LogP contribution in [0.4, 0.5) is 0 Å². The molecule has 7 nitrogen and oxygen atoms in total. The maximum atomic E-state index is 12.2. The summed E-state index contributed by atoms with van der Waals surface area (Å²) < 4.78 is 27.0. The van der Waals surface area contributed by atoms with E-state index in [4.69, 9.17) is 5.11 Å². The second-order valence-electron chi connectivity index (χ2n) is 4.18. The topological polar surface area (TPSA) is 108 Å². The Balaban J connectivity index is 2.17. The van der Waals surface area contributed by atoms with E-state index in [9.17, 15) is 8.42 Å². The molecule has 0 saturated heterocycles. The Hall–Kier alpha value is -1.29. The van der Waals surface area contributed by atoms with Crippen molar-refractivity contribution >= 4 is 21.4 Å². The van der Waals surface area contributed by atoms with E-state index in [0.717, 1.165) is 11.3 Å². The van der Waals surface area contributed by atoms with Crippen LogP contribution in [0.3, 0.4) is 0 Å². The number of hydrogen-bond acceptors (Lipinski definition) is 6. The monoisotopic (exact) mass is 316 g/mol. The zero-order chi connectivity index (χ0) is 14.8. The number of hydrogen-bond donors (Lipinski definition) is 3. The number of aliphatic hydroxyl groups excluding tert-OH is 1. The second kappa shape index (κ2) is 6.00. The van der Waals surface area contributed by atoms with Crippen molar-refractivity contribution in [2.24, 2.45) is 0 Å². The highest BCUT2D eigenvalue weighted by atomic mass is 32.2. The largest absolute Gasteiger partial charge is 0.390 e. The number of aromatic amines is 1. The first-order valence-electron chi connectivity index (χ1n) is 6.06. The molecular weight excluding hydrogens is 300 g/mol. The first-order chi connectivity index (χ1) is 9.47. The van der Waals surface area contributed by atoms with Gasteiger partial charge in [-0.15, -0.1) is 11.3 Å². The molecule has 0 bridgehead atoms. The normalized spacial score (nSPS) is 11.9. The molecule has 0 aliphatic carbocycles. The van der Waals surface area contributed by atoms with E-state index in [0.29, 0.717) is 10.7 Å². The third-order valence-electron chi connectivity index (χ3n) is 2.74. The van der Waals surface area contributed by atoms with E-state index in [1.165, 1.54) is 11.3 Å². The quantitative estimate of drug-likeness (QED) is 0.727. The Bertz CT molecular complexity index is 690. The van der Waals surface area contributed by atoms with Crippen LogP contribution in [0.2, 0.25) is 0 Å². The molecule has 2 aromatic heterocycles. The summed E-state index contributed by atoms with van der Waals surface area (Å²) in [6.07, 6.45) is 2.62. The lowest BCUT2D eigenvalue weighted by atomic mass is 10.4. The van der Waals surface area contributed by atoms with Gasteiger partial charge in [-0.2, -0.15) is 5.10 Å². The van der Waals surface area contributed by atoms with Gasteiger partial charge in [0.25, 0.3) is 0 Å². The molecule has 3 N–H and O–H groups in total. The molecule has 9 heteroatoms. The third-order valence-corrected chi connectivity index (χ3v) is 5.49. The van der Waals surface area contributed by atoms with Gasteiger partial charge in [-0.05, 0) is 13.3 Å². The fourth-order valence-electron chi connectivity index (χ4n) is 1.76. The molecule has 0 spiro atoms. The summed E-state index contributed by atoms with van der Waals surface area (Å²) in [5.74, 6) is 0. The van der Waals surface area contributed by atoms with Gasteiger partial charge in [0.2, 0.25) is 10.0 Å². The minimum absolute atomic E-state index is 0.00673. The molecule has 0 fully saturated rings. The van der Waals surface area contributed by atoms with Crippen molar-refractivity contribution < 1.29 is 13.5 Å². The van der Waals surface area contributed by atoms with Crippen LogP contribution in [0.1, 0.15) is 28.2 Å². The van der Waals surface area contributed by atoms with Gasteiger partial charge in [0.05, 0.1) is 18.8 Å². The molecule has 2 aromatic rings. The molecule has 0 amide bonds. The zero-order valence-electron chi connectivity index (χ0n) is 11.2. The zero-order valence-corrected chi connectivity index (χ0v) is 12.8. The lowest BCUT2D eigenvalue weighted by Crippen LogP contribution is -2.24. The van der Waals surface area contributed by atoms with Crippen LogP contribution in [0.15, 0.2) is 11.1 Å². The van der Waals surface area contributed by atoms with Crippen molar-refractivity contribution in [3.05, 3.63) is 27.5 Å². The highest BCUT2D eigenvalue weighted by Gasteiger charge is 2.23. The summed E-state index contributed by atoms with van der Waals surface area (Å²) in [5, 5.41) is 16.2. The van der Waals surface area contributed by atoms with E-state index in [-0.39, 0.29) is 17.1 Å². The first kappa shape index (κ1) is 15.1. The van der Waals surface area contributed by atoms with Gasteiger partial charge < -0.3 is 5.11 Å². The molecule has 20 heavy (non-hydrogen) atoms. The number of rotatable bonds is 6. The average molecular weight is 316 g/mol. The van der Waals surface area contributed by atoms with Gasteiger partial charge in [-0.3, -0.25) is 5.10 Å². The van der Waals surface area contributed by atoms with Crippen molar-refractivity contribution in [1.29, 1.82) is 0 Å². The van der Waals surface area contributed by atoms with Gasteiger partial charge in [-0.25, -0.2) is 18.1 Å². The molecule has 0 saturated carbocycles. The fourth-order valence-corrected chi connectivity index (χ4v) is 3.99.